The van der Waals surface area contributed by atoms with Crippen LogP contribution in [0.1, 0.15) is 60.4 Å². The van der Waals surface area contributed by atoms with Crippen LogP contribution in [0.15, 0.2) is 6.07 Å². The third-order valence-corrected chi connectivity index (χ3v) is 4.76. The van der Waals surface area contributed by atoms with Gasteiger partial charge in [-0.25, -0.2) is 4.79 Å². The van der Waals surface area contributed by atoms with Gasteiger partial charge in [0.25, 0.3) is 0 Å². The first kappa shape index (κ1) is 17.4. The Hall–Kier alpha value is -1.92. The summed E-state index contributed by atoms with van der Waals surface area (Å²) in [4.78, 5) is 29.3. The Kier molecular flexibility index (Phi) is 5.06. The molecule has 1 atom stereocenters. The maximum atomic E-state index is 12.2. The Labute approximate surface area is 139 Å². The Balaban J connectivity index is 2.10. The minimum Gasteiger partial charge on any atom is -0.453 e. The highest BCUT2D eigenvalue weighted by Gasteiger charge is 2.22. The molecule has 0 fully saturated rings. The molecule has 0 amide bonds. The standard InChI is InChI=1S/C17H21NO4S/c1-8-6-13(12(5)23-8)14(20)7-22-17(21)16-9(2)15(11(4)19)10(3)18-16/h6,11,18-19H,7H2,1-5H3/t11-/m0/s1. The normalized spacial score (nSPS) is 12.3. The van der Waals surface area contributed by atoms with E-state index in [-0.39, 0.29) is 18.1 Å². The monoisotopic (exact) mass is 335 g/mol. The number of H-pyrrole nitrogens is 1. The van der Waals surface area contributed by atoms with E-state index in [1.807, 2.05) is 19.9 Å². The van der Waals surface area contributed by atoms with Crippen LogP contribution >= 0.6 is 11.3 Å². The van der Waals surface area contributed by atoms with Gasteiger partial charge in [0.1, 0.15) is 5.69 Å². The van der Waals surface area contributed by atoms with Crippen molar-refractivity contribution in [3.63, 3.8) is 0 Å². The number of carbonyl (C=O) groups is 2. The molecule has 0 saturated heterocycles. The lowest BCUT2D eigenvalue weighted by atomic mass is 10.1. The molecule has 0 aliphatic heterocycles. The minimum absolute atomic E-state index is 0.211. The highest BCUT2D eigenvalue weighted by molar-refractivity contribution is 7.12. The van der Waals surface area contributed by atoms with E-state index in [9.17, 15) is 14.7 Å². The third kappa shape index (κ3) is 3.54. The molecule has 2 N–H and O–H groups in total. The topological polar surface area (TPSA) is 79.4 Å². The molecule has 0 spiro atoms. The SMILES string of the molecule is Cc1cc(C(=O)COC(=O)c2[nH]c(C)c([C@H](C)O)c2C)c(C)s1. The third-order valence-electron chi connectivity index (χ3n) is 3.79. The van der Waals surface area contributed by atoms with E-state index in [1.54, 1.807) is 32.1 Å². The van der Waals surface area contributed by atoms with E-state index >= 15 is 0 Å². The molecule has 0 unspecified atom stereocenters. The quantitative estimate of drug-likeness (QED) is 0.648. The molecule has 6 heteroatoms. The summed E-state index contributed by atoms with van der Waals surface area (Å²) in [6.07, 6.45) is -0.675. The summed E-state index contributed by atoms with van der Waals surface area (Å²) < 4.78 is 5.14. The van der Waals surface area contributed by atoms with Crippen LogP contribution < -0.4 is 0 Å². The van der Waals surface area contributed by atoms with E-state index in [0.29, 0.717) is 16.7 Å². The molecule has 0 bridgehead atoms. The largest absolute Gasteiger partial charge is 0.453 e. The fraction of sp³-hybridized carbons (Fsp3) is 0.412. The molecule has 0 aliphatic rings. The number of aromatic amines is 1. The zero-order valence-corrected chi connectivity index (χ0v) is 14.8. The molecule has 0 radical (unpaired) electrons. The lowest BCUT2D eigenvalue weighted by Gasteiger charge is -2.06. The first-order valence-electron chi connectivity index (χ1n) is 7.36. The molecule has 2 heterocycles. The van der Waals surface area contributed by atoms with Gasteiger partial charge in [-0.1, -0.05) is 0 Å². The zero-order chi connectivity index (χ0) is 17.3. The highest BCUT2D eigenvalue weighted by Crippen LogP contribution is 2.25. The van der Waals surface area contributed by atoms with Crippen molar-refractivity contribution in [2.45, 2.75) is 40.7 Å². The van der Waals surface area contributed by atoms with Crippen molar-refractivity contribution < 1.29 is 19.4 Å². The number of ketones is 1. The number of hydrogen-bond donors (Lipinski definition) is 2. The molecule has 5 nitrogen and oxygen atoms in total. The molecular formula is C17H21NO4S. The molecular weight excluding hydrogens is 314 g/mol. The summed E-state index contributed by atoms with van der Waals surface area (Å²) in [5.74, 6) is -0.799. The molecule has 124 valence electrons. The van der Waals surface area contributed by atoms with Crippen molar-refractivity contribution in [1.29, 1.82) is 0 Å². The summed E-state index contributed by atoms with van der Waals surface area (Å²) in [5.41, 5.74) is 2.94. The van der Waals surface area contributed by atoms with Gasteiger partial charge in [0.15, 0.2) is 6.61 Å². The van der Waals surface area contributed by atoms with Gasteiger partial charge in [-0.15, -0.1) is 11.3 Å². The predicted octanol–water partition coefficient (Wildman–Crippen LogP) is 3.40. The lowest BCUT2D eigenvalue weighted by Crippen LogP contribution is -2.15. The van der Waals surface area contributed by atoms with E-state index in [4.69, 9.17) is 4.74 Å². The van der Waals surface area contributed by atoms with Crippen LogP contribution in [0.25, 0.3) is 0 Å². The Morgan fingerprint density at radius 2 is 1.96 bits per heavy atom. The number of thiophene rings is 1. The fourth-order valence-corrected chi connectivity index (χ4v) is 3.73. The van der Waals surface area contributed by atoms with Gasteiger partial charge in [0, 0.05) is 26.6 Å². The number of esters is 1. The maximum absolute atomic E-state index is 12.2. The minimum atomic E-state index is -0.675. The lowest BCUT2D eigenvalue weighted by molar-refractivity contribution is 0.0468. The average molecular weight is 335 g/mol. The van der Waals surface area contributed by atoms with Crippen molar-refractivity contribution in [3.05, 3.63) is 43.9 Å². The first-order valence-corrected chi connectivity index (χ1v) is 8.18. The number of ether oxygens (including phenoxy) is 1. The van der Waals surface area contributed by atoms with Gasteiger partial charge >= 0.3 is 5.97 Å². The van der Waals surface area contributed by atoms with E-state index < -0.39 is 12.1 Å². The van der Waals surface area contributed by atoms with E-state index in [0.717, 1.165) is 15.4 Å². The van der Waals surface area contributed by atoms with Crippen molar-refractivity contribution >= 4 is 23.1 Å². The number of aryl methyl sites for hydroxylation is 3. The Bertz CT molecular complexity index is 755. The molecule has 23 heavy (non-hydrogen) atoms. The Morgan fingerprint density at radius 1 is 1.30 bits per heavy atom. The summed E-state index contributed by atoms with van der Waals surface area (Å²) in [6.45, 7) is 8.69. The number of hydrogen-bond acceptors (Lipinski definition) is 5. The summed E-state index contributed by atoms with van der Waals surface area (Å²) >= 11 is 1.54. The maximum Gasteiger partial charge on any atom is 0.355 e. The number of Topliss-reactive ketones (excluding diaryl/α,β-unsaturated/α-hetero) is 1. The van der Waals surface area contributed by atoms with Crippen LogP contribution in [0.3, 0.4) is 0 Å². The second-order valence-corrected chi connectivity index (χ2v) is 7.13. The summed E-state index contributed by atoms with van der Waals surface area (Å²) in [6, 6.07) is 1.81. The van der Waals surface area contributed by atoms with Crippen LogP contribution in [-0.4, -0.2) is 28.4 Å². The molecule has 2 aromatic rings. The number of carbonyl (C=O) groups excluding carboxylic acids is 2. The van der Waals surface area contributed by atoms with E-state index in [1.165, 1.54) is 0 Å². The number of rotatable bonds is 5. The molecule has 2 rings (SSSR count). The molecule has 0 saturated carbocycles. The van der Waals surface area contributed by atoms with Crippen molar-refractivity contribution in [2.24, 2.45) is 0 Å². The summed E-state index contributed by atoms with van der Waals surface area (Å²) in [7, 11) is 0. The predicted molar refractivity (Wildman–Crippen MR) is 89.3 cm³/mol. The van der Waals surface area contributed by atoms with Crippen LogP contribution in [0.5, 0.6) is 0 Å². The zero-order valence-electron chi connectivity index (χ0n) is 13.9. The van der Waals surface area contributed by atoms with Gasteiger partial charge < -0.3 is 14.8 Å². The van der Waals surface area contributed by atoms with Crippen LogP contribution in [0, 0.1) is 27.7 Å². The fourth-order valence-electron chi connectivity index (χ4n) is 2.78. The number of nitrogens with one attached hydrogen (secondary N) is 1. The molecule has 2 aromatic heterocycles. The second kappa shape index (κ2) is 6.68. The Morgan fingerprint density at radius 3 is 2.43 bits per heavy atom. The van der Waals surface area contributed by atoms with Crippen LogP contribution in [-0.2, 0) is 4.74 Å². The number of aliphatic hydroxyl groups is 1. The van der Waals surface area contributed by atoms with Crippen molar-refractivity contribution in [3.8, 4) is 0 Å². The first-order chi connectivity index (χ1) is 10.7. The smallest absolute Gasteiger partial charge is 0.355 e. The molecule has 0 aliphatic carbocycles. The van der Waals surface area contributed by atoms with Crippen molar-refractivity contribution in [1.82, 2.24) is 4.98 Å². The summed E-state index contributed by atoms with van der Waals surface area (Å²) in [5, 5.41) is 9.76. The van der Waals surface area contributed by atoms with Gasteiger partial charge in [-0.05, 0) is 46.2 Å². The van der Waals surface area contributed by atoms with Gasteiger partial charge in [0.2, 0.25) is 5.78 Å². The van der Waals surface area contributed by atoms with E-state index in [2.05, 4.69) is 4.98 Å². The average Bonchev–Trinajstić information content (AvgIpc) is 2.94. The number of aliphatic hydroxyl groups excluding tert-OH is 1. The van der Waals surface area contributed by atoms with Gasteiger partial charge in [-0.3, -0.25) is 4.79 Å². The van der Waals surface area contributed by atoms with Crippen molar-refractivity contribution in [2.75, 3.05) is 6.61 Å². The number of aromatic nitrogens is 1. The van der Waals surface area contributed by atoms with Gasteiger partial charge in [0.05, 0.1) is 6.10 Å². The van der Waals surface area contributed by atoms with Crippen LogP contribution in [0.2, 0.25) is 0 Å². The highest BCUT2D eigenvalue weighted by atomic mass is 32.1. The molecule has 0 aromatic carbocycles. The van der Waals surface area contributed by atoms with Gasteiger partial charge in [-0.2, -0.15) is 0 Å². The second-order valence-electron chi connectivity index (χ2n) is 5.67. The van der Waals surface area contributed by atoms with Crippen LogP contribution in [0.4, 0.5) is 0 Å².